The summed E-state index contributed by atoms with van der Waals surface area (Å²) in [5.41, 5.74) is -1.45. The number of alkyl halides is 3. The van der Waals surface area contributed by atoms with Gasteiger partial charge in [-0.2, -0.15) is 18.3 Å². The van der Waals surface area contributed by atoms with Crippen molar-refractivity contribution in [2.45, 2.75) is 50.5 Å². The normalized spacial score (nSPS) is 24.5. The molecule has 2 saturated heterocycles. The molecule has 0 radical (unpaired) electrons. The predicted octanol–water partition coefficient (Wildman–Crippen LogP) is 4.01. The lowest BCUT2D eigenvalue weighted by Crippen LogP contribution is -2.73. The summed E-state index contributed by atoms with van der Waals surface area (Å²) in [5, 5.41) is 18.0. The topological polar surface area (TPSA) is 93.8 Å². The van der Waals surface area contributed by atoms with E-state index >= 15 is 0 Å². The van der Waals surface area contributed by atoms with Gasteiger partial charge in [-0.1, -0.05) is 18.5 Å². The Labute approximate surface area is 191 Å². The number of hydrogen-bond donors (Lipinski definition) is 1. The molecule has 33 heavy (non-hydrogen) atoms. The molecule has 1 aromatic carbocycles. The van der Waals surface area contributed by atoms with E-state index < -0.39 is 11.7 Å². The Hall–Kier alpha value is -3.15. The lowest BCUT2D eigenvalue weighted by molar-refractivity contribution is -0.137. The second-order valence-electron chi connectivity index (χ2n) is 8.75. The van der Waals surface area contributed by atoms with Gasteiger partial charge in [0.05, 0.1) is 23.0 Å². The van der Waals surface area contributed by atoms with Gasteiger partial charge in [-0.25, -0.2) is 4.79 Å². The molecule has 3 fully saturated rings. The third-order valence-corrected chi connectivity index (χ3v) is 6.46. The van der Waals surface area contributed by atoms with Gasteiger partial charge < -0.3 is 14.8 Å². The summed E-state index contributed by atoms with van der Waals surface area (Å²) in [5.74, 6) is 0.456. The van der Waals surface area contributed by atoms with Crippen molar-refractivity contribution in [3.05, 3.63) is 47.8 Å². The van der Waals surface area contributed by atoms with Gasteiger partial charge in [0.2, 0.25) is 0 Å². The van der Waals surface area contributed by atoms with Crippen molar-refractivity contribution >= 4 is 23.3 Å². The summed E-state index contributed by atoms with van der Waals surface area (Å²) in [7, 11) is 0. The summed E-state index contributed by atoms with van der Waals surface area (Å²) < 4.78 is 42.5. The molecular weight excluding hydrogens is 461 g/mol. The van der Waals surface area contributed by atoms with Crippen molar-refractivity contribution in [1.82, 2.24) is 34.7 Å². The van der Waals surface area contributed by atoms with Crippen LogP contribution in [0.2, 0.25) is 5.15 Å². The molecule has 3 unspecified atom stereocenters. The van der Waals surface area contributed by atoms with Crippen LogP contribution in [0.5, 0.6) is 0 Å². The number of rotatable bonds is 4. The fourth-order valence-electron chi connectivity index (χ4n) is 5.26. The van der Waals surface area contributed by atoms with Gasteiger partial charge in [0.1, 0.15) is 12.7 Å². The molecule has 2 aliphatic heterocycles. The summed E-state index contributed by atoms with van der Waals surface area (Å²) in [4.78, 5) is 15.9. The quantitative estimate of drug-likeness (QED) is 0.609. The highest BCUT2D eigenvalue weighted by Gasteiger charge is 2.58. The van der Waals surface area contributed by atoms with Crippen molar-refractivity contribution < 1.29 is 18.0 Å². The lowest BCUT2D eigenvalue weighted by atomic mass is 9.64. The minimum Gasteiger partial charge on any atom is -0.318 e. The second-order valence-corrected chi connectivity index (χ2v) is 9.14. The average Bonchev–Trinajstić information content (AvgIpc) is 3.38. The first-order chi connectivity index (χ1) is 15.6. The van der Waals surface area contributed by atoms with Crippen LogP contribution in [0.1, 0.15) is 31.7 Å². The highest BCUT2D eigenvalue weighted by Crippen LogP contribution is 2.50. The lowest BCUT2D eigenvalue weighted by Gasteiger charge is -2.63. The van der Waals surface area contributed by atoms with Gasteiger partial charge in [0, 0.05) is 18.3 Å². The number of aromatic nitrogens is 6. The number of urea groups is 1. The number of amides is 2. The molecule has 1 N–H and O–H groups in total. The number of fused-ring (bicyclic) bond motifs is 2. The SMILES string of the molecule is CC1CC2CC(Cn3cnnc3)(C1)N2C(=O)Nc1ccc(C(F)(F)F)c(-n2ncc(Cl)n2)c1. The van der Waals surface area contributed by atoms with Crippen molar-refractivity contribution in [2.75, 3.05) is 5.32 Å². The van der Waals surface area contributed by atoms with Gasteiger partial charge in [-0.05, 0) is 43.4 Å². The molecular formula is C20H20ClF3N8O. The van der Waals surface area contributed by atoms with Crippen LogP contribution in [0, 0.1) is 5.92 Å². The standard InChI is InChI=1S/C20H20ClF3N8O/c1-12-4-14-7-19(6-12,9-30-10-25-26-11-30)31(14)18(33)28-13-2-3-15(20(22,23)24)16(5-13)32-27-8-17(21)29-32/h2-3,5,8,10-12,14H,4,6-7,9H2,1H3,(H,28,33). The summed E-state index contributed by atoms with van der Waals surface area (Å²) in [6.45, 7) is 2.72. The smallest absolute Gasteiger partial charge is 0.318 e. The monoisotopic (exact) mass is 480 g/mol. The Bertz CT molecular complexity index is 1180. The zero-order chi connectivity index (χ0) is 23.4. The molecule has 4 heterocycles. The maximum absolute atomic E-state index is 13.5. The van der Waals surface area contributed by atoms with Crippen molar-refractivity contribution in [3.63, 3.8) is 0 Å². The number of benzene rings is 1. The fraction of sp³-hybridized carbons (Fsp3) is 0.450. The van der Waals surface area contributed by atoms with Gasteiger partial charge in [-0.3, -0.25) is 0 Å². The van der Waals surface area contributed by atoms with E-state index in [1.807, 2.05) is 9.47 Å². The minimum absolute atomic E-state index is 0.0454. The molecule has 2 aromatic heterocycles. The molecule has 1 saturated carbocycles. The second kappa shape index (κ2) is 7.72. The number of hydrogen-bond acceptors (Lipinski definition) is 5. The number of nitrogens with one attached hydrogen (secondary N) is 1. The maximum Gasteiger partial charge on any atom is 0.418 e. The molecule has 174 valence electrons. The average molecular weight is 481 g/mol. The van der Waals surface area contributed by atoms with Gasteiger partial charge in [0.25, 0.3) is 0 Å². The summed E-state index contributed by atoms with van der Waals surface area (Å²) >= 11 is 5.75. The number of piperidine rings is 1. The Balaban J connectivity index is 1.42. The zero-order valence-electron chi connectivity index (χ0n) is 17.5. The molecule has 3 atom stereocenters. The first-order valence-corrected chi connectivity index (χ1v) is 10.7. The Morgan fingerprint density at radius 1 is 1.27 bits per heavy atom. The largest absolute Gasteiger partial charge is 0.418 e. The van der Waals surface area contributed by atoms with Crippen LogP contribution in [0.15, 0.2) is 37.1 Å². The summed E-state index contributed by atoms with van der Waals surface area (Å²) in [6, 6.07) is 3.03. The molecule has 3 aliphatic rings. The number of carbonyl (C=O) groups excluding carboxylic acids is 1. The molecule has 2 amide bonds. The van der Waals surface area contributed by atoms with E-state index in [1.54, 1.807) is 12.7 Å². The number of halogens is 4. The predicted molar refractivity (Wildman–Crippen MR) is 112 cm³/mol. The van der Waals surface area contributed by atoms with E-state index in [2.05, 4.69) is 32.6 Å². The Kier molecular flexibility index (Phi) is 5.07. The van der Waals surface area contributed by atoms with Gasteiger partial charge >= 0.3 is 12.2 Å². The van der Waals surface area contributed by atoms with E-state index in [0.717, 1.165) is 36.3 Å². The zero-order valence-corrected chi connectivity index (χ0v) is 18.3. The van der Waals surface area contributed by atoms with E-state index in [4.69, 9.17) is 11.6 Å². The van der Waals surface area contributed by atoms with E-state index in [-0.39, 0.29) is 34.1 Å². The van der Waals surface area contributed by atoms with Crippen molar-refractivity contribution in [2.24, 2.45) is 5.92 Å². The van der Waals surface area contributed by atoms with E-state index in [9.17, 15) is 18.0 Å². The minimum atomic E-state index is -4.63. The molecule has 9 nitrogen and oxygen atoms in total. The molecule has 6 rings (SSSR count). The van der Waals surface area contributed by atoms with Gasteiger partial charge in [0.15, 0.2) is 5.15 Å². The van der Waals surface area contributed by atoms with Crippen LogP contribution in [-0.2, 0) is 12.7 Å². The van der Waals surface area contributed by atoms with Gasteiger partial charge in [-0.15, -0.1) is 20.1 Å². The third-order valence-electron chi connectivity index (χ3n) is 6.29. The first kappa shape index (κ1) is 21.7. The molecule has 13 heteroatoms. The molecule has 1 aliphatic carbocycles. The van der Waals surface area contributed by atoms with Crippen LogP contribution in [0.4, 0.5) is 23.7 Å². The Morgan fingerprint density at radius 3 is 2.70 bits per heavy atom. The van der Waals surface area contributed by atoms with Crippen LogP contribution >= 0.6 is 11.6 Å². The van der Waals surface area contributed by atoms with Crippen LogP contribution < -0.4 is 5.32 Å². The molecule has 3 aromatic rings. The van der Waals surface area contributed by atoms with Crippen molar-refractivity contribution in [3.8, 4) is 5.69 Å². The van der Waals surface area contributed by atoms with Crippen LogP contribution in [-0.4, -0.2) is 52.3 Å². The van der Waals surface area contributed by atoms with Crippen LogP contribution in [0.3, 0.4) is 0 Å². The number of carbonyl (C=O) groups is 1. The Morgan fingerprint density at radius 2 is 2.03 bits per heavy atom. The summed E-state index contributed by atoms with van der Waals surface area (Å²) in [6.07, 6.45) is 2.30. The number of nitrogens with zero attached hydrogens (tertiary/aromatic N) is 7. The maximum atomic E-state index is 13.5. The van der Waals surface area contributed by atoms with E-state index in [0.29, 0.717) is 12.5 Å². The first-order valence-electron chi connectivity index (χ1n) is 10.4. The van der Waals surface area contributed by atoms with Crippen LogP contribution in [0.25, 0.3) is 5.69 Å². The fourth-order valence-corrected chi connectivity index (χ4v) is 5.37. The molecule has 0 spiro atoms. The highest BCUT2D eigenvalue weighted by atomic mass is 35.5. The third kappa shape index (κ3) is 3.92. The number of anilines is 1. The molecule has 2 bridgehead atoms. The van der Waals surface area contributed by atoms with E-state index in [1.165, 1.54) is 12.1 Å². The highest BCUT2D eigenvalue weighted by molar-refractivity contribution is 6.29. The van der Waals surface area contributed by atoms with Crippen molar-refractivity contribution in [1.29, 1.82) is 0 Å².